The van der Waals surface area contributed by atoms with Crippen molar-refractivity contribution in [2.75, 3.05) is 17.3 Å². The second-order valence-corrected chi connectivity index (χ2v) is 3.55. The fraction of sp³-hybridized carbons (Fsp3) is 0.143. The maximum Gasteiger partial charge on any atom is 0.295 e. The van der Waals surface area contributed by atoms with Gasteiger partial charge in [0.05, 0.1) is 17.3 Å². The molecule has 0 fully saturated rings. The standard InChI is InChI=1S/C7H6BrN3O2/c8-4-1-5-7(10-3-9-5)6(2-4)11(12)13/h1-2,9-10H,3H2. The number of rotatable bonds is 1. The predicted molar refractivity (Wildman–Crippen MR) is 52.9 cm³/mol. The average molecular weight is 244 g/mol. The molecule has 1 aliphatic heterocycles. The maximum atomic E-state index is 10.6. The van der Waals surface area contributed by atoms with Gasteiger partial charge in [-0.1, -0.05) is 15.9 Å². The van der Waals surface area contributed by atoms with Gasteiger partial charge < -0.3 is 10.6 Å². The Kier molecular flexibility index (Phi) is 1.84. The van der Waals surface area contributed by atoms with Gasteiger partial charge in [0, 0.05) is 10.5 Å². The number of nitro groups is 1. The van der Waals surface area contributed by atoms with Gasteiger partial charge in [-0.05, 0) is 6.07 Å². The van der Waals surface area contributed by atoms with Crippen LogP contribution >= 0.6 is 15.9 Å². The normalized spacial score (nSPS) is 13.0. The van der Waals surface area contributed by atoms with Crippen molar-refractivity contribution in [3.63, 3.8) is 0 Å². The molecule has 0 saturated heterocycles. The number of hydrogen-bond donors (Lipinski definition) is 2. The van der Waals surface area contributed by atoms with E-state index in [4.69, 9.17) is 0 Å². The van der Waals surface area contributed by atoms with Crippen molar-refractivity contribution in [1.82, 2.24) is 0 Å². The van der Waals surface area contributed by atoms with Gasteiger partial charge in [-0.2, -0.15) is 0 Å². The average Bonchev–Trinajstić information content (AvgIpc) is 2.49. The van der Waals surface area contributed by atoms with E-state index in [2.05, 4.69) is 26.6 Å². The first-order valence-corrected chi connectivity index (χ1v) is 4.43. The zero-order valence-corrected chi connectivity index (χ0v) is 8.09. The van der Waals surface area contributed by atoms with E-state index in [-0.39, 0.29) is 5.69 Å². The maximum absolute atomic E-state index is 10.6. The lowest BCUT2D eigenvalue weighted by Crippen LogP contribution is -2.00. The summed E-state index contributed by atoms with van der Waals surface area (Å²) in [6.45, 7) is 0.534. The Bertz CT molecular complexity index is 380. The molecule has 1 aromatic rings. The summed E-state index contributed by atoms with van der Waals surface area (Å²) < 4.78 is 0.703. The molecule has 0 saturated carbocycles. The van der Waals surface area contributed by atoms with E-state index in [0.29, 0.717) is 16.8 Å². The number of halogens is 1. The second kappa shape index (κ2) is 2.88. The molecule has 0 aliphatic carbocycles. The lowest BCUT2D eigenvalue weighted by atomic mass is 10.2. The van der Waals surface area contributed by atoms with Crippen LogP contribution in [-0.4, -0.2) is 11.6 Å². The third-order valence-corrected chi connectivity index (χ3v) is 2.28. The number of fused-ring (bicyclic) bond motifs is 1. The summed E-state index contributed by atoms with van der Waals surface area (Å²) in [4.78, 5) is 10.2. The van der Waals surface area contributed by atoms with E-state index in [0.717, 1.165) is 5.69 Å². The lowest BCUT2D eigenvalue weighted by molar-refractivity contribution is -0.383. The summed E-state index contributed by atoms with van der Waals surface area (Å²) in [5.74, 6) is 0. The Morgan fingerprint density at radius 2 is 2.23 bits per heavy atom. The first kappa shape index (κ1) is 8.31. The molecule has 0 unspecified atom stereocenters. The van der Waals surface area contributed by atoms with Gasteiger partial charge in [-0.25, -0.2) is 0 Å². The molecule has 5 nitrogen and oxygen atoms in total. The van der Waals surface area contributed by atoms with Crippen molar-refractivity contribution in [1.29, 1.82) is 0 Å². The molecule has 0 atom stereocenters. The number of hydrogen-bond acceptors (Lipinski definition) is 4. The molecule has 6 heteroatoms. The fourth-order valence-electron chi connectivity index (χ4n) is 1.29. The minimum atomic E-state index is -0.399. The SMILES string of the molecule is O=[N+]([O-])c1cc(Br)cc2c1NCN2. The highest BCUT2D eigenvalue weighted by Gasteiger charge is 2.22. The van der Waals surface area contributed by atoms with Gasteiger partial charge in [-0.15, -0.1) is 0 Å². The van der Waals surface area contributed by atoms with Crippen molar-refractivity contribution in [2.45, 2.75) is 0 Å². The highest BCUT2D eigenvalue weighted by molar-refractivity contribution is 9.10. The topological polar surface area (TPSA) is 67.2 Å². The van der Waals surface area contributed by atoms with E-state index in [1.165, 1.54) is 6.07 Å². The quantitative estimate of drug-likeness (QED) is 0.586. The van der Waals surface area contributed by atoms with Crippen molar-refractivity contribution in [2.24, 2.45) is 0 Å². The van der Waals surface area contributed by atoms with Gasteiger partial charge in [-0.3, -0.25) is 10.1 Å². The monoisotopic (exact) mass is 243 g/mol. The Morgan fingerprint density at radius 1 is 1.46 bits per heavy atom. The molecule has 0 spiro atoms. The molecule has 68 valence electrons. The Balaban J connectivity index is 2.62. The van der Waals surface area contributed by atoms with Crippen LogP contribution in [-0.2, 0) is 0 Å². The first-order valence-electron chi connectivity index (χ1n) is 3.64. The molecule has 0 radical (unpaired) electrons. The molecule has 13 heavy (non-hydrogen) atoms. The molecule has 1 aromatic carbocycles. The van der Waals surface area contributed by atoms with Crippen molar-refractivity contribution in [3.05, 3.63) is 26.7 Å². The van der Waals surface area contributed by atoms with E-state index >= 15 is 0 Å². The van der Waals surface area contributed by atoms with Crippen LogP contribution in [0.4, 0.5) is 17.1 Å². The number of benzene rings is 1. The van der Waals surface area contributed by atoms with E-state index in [1.807, 2.05) is 6.07 Å². The Labute approximate surface area is 82.4 Å². The third-order valence-electron chi connectivity index (χ3n) is 1.82. The number of nitrogens with zero attached hydrogens (tertiary/aromatic N) is 1. The lowest BCUT2D eigenvalue weighted by Gasteiger charge is -2.00. The summed E-state index contributed by atoms with van der Waals surface area (Å²) in [5.41, 5.74) is 1.42. The van der Waals surface area contributed by atoms with Crippen molar-refractivity contribution in [3.8, 4) is 0 Å². The summed E-state index contributed by atoms with van der Waals surface area (Å²) >= 11 is 3.21. The second-order valence-electron chi connectivity index (χ2n) is 2.63. The number of anilines is 2. The fourth-order valence-corrected chi connectivity index (χ4v) is 1.74. The van der Waals surface area contributed by atoms with Gasteiger partial charge in [0.25, 0.3) is 5.69 Å². The van der Waals surface area contributed by atoms with Crippen LogP contribution in [0, 0.1) is 10.1 Å². The largest absolute Gasteiger partial charge is 0.366 e. The van der Waals surface area contributed by atoms with Crippen LogP contribution in [0.5, 0.6) is 0 Å². The molecule has 0 amide bonds. The smallest absolute Gasteiger partial charge is 0.295 e. The van der Waals surface area contributed by atoms with Crippen LogP contribution in [0.25, 0.3) is 0 Å². The summed E-state index contributed by atoms with van der Waals surface area (Å²) in [6, 6.07) is 3.29. The van der Waals surface area contributed by atoms with Crippen LogP contribution in [0.1, 0.15) is 0 Å². The molecular weight excluding hydrogens is 238 g/mol. The van der Waals surface area contributed by atoms with E-state index < -0.39 is 4.92 Å². The van der Waals surface area contributed by atoms with Crippen molar-refractivity contribution >= 4 is 33.0 Å². The summed E-state index contributed by atoms with van der Waals surface area (Å²) in [5, 5.41) is 16.5. The molecular formula is C7H6BrN3O2. The Morgan fingerprint density at radius 3 is 2.92 bits per heavy atom. The predicted octanol–water partition coefficient (Wildman–Crippen LogP) is 2.15. The van der Waals surface area contributed by atoms with Crippen LogP contribution in [0.3, 0.4) is 0 Å². The molecule has 2 N–H and O–H groups in total. The van der Waals surface area contributed by atoms with E-state index in [1.54, 1.807) is 0 Å². The molecule has 0 aromatic heterocycles. The molecule has 1 aliphatic rings. The van der Waals surface area contributed by atoms with Gasteiger partial charge in [0.2, 0.25) is 0 Å². The van der Waals surface area contributed by atoms with Crippen molar-refractivity contribution < 1.29 is 4.92 Å². The minimum absolute atomic E-state index is 0.0920. The van der Waals surface area contributed by atoms with Gasteiger partial charge in [0.1, 0.15) is 5.69 Å². The van der Waals surface area contributed by atoms with Crippen LogP contribution < -0.4 is 10.6 Å². The molecule has 1 heterocycles. The summed E-state index contributed by atoms with van der Waals surface area (Å²) in [6.07, 6.45) is 0. The van der Waals surface area contributed by atoms with E-state index in [9.17, 15) is 10.1 Å². The van der Waals surface area contributed by atoms with Gasteiger partial charge >= 0.3 is 0 Å². The third kappa shape index (κ3) is 1.33. The minimum Gasteiger partial charge on any atom is -0.366 e. The zero-order valence-electron chi connectivity index (χ0n) is 6.50. The molecule has 0 bridgehead atoms. The van der Waals surface area contributed by atoms with Gasteiger partial charge in [0.15, 0.2) is 0 Å². The van der Waals surface area contributed by atoms with Crippen LogP contribution in [0.15, 0.2) is 16.6 Å². The summed E-state index contributed by atoms with van der Waals surface area (Å²) in [7, 11) is 0. The van der Waals surface area contributed by atoms with Crippen LogP contribution in [0.2, 0.25) is 0 Å². The number of nitro benzene ring substituents is 1. The molecule has 2 rings (SSSR count). The zero-order chi connectivity index (χ0) is 9.42. The highest BCUT2D eigenvalue weighted by atomic mass is 79.9. The number of nitrogens with one attached hydrogen (secondary N) is 2. The highest BCUT2D eigenvalue weighted by Crippen LogP contribution is 2.38. The Hall–Kier alpha value is -1.30. The first-order chi connectivity index (χ1) is 6.18.